The van der Waals surface area contributed by atoms with Crippen molar-refractivity contribution in [3.05, 3.63) is 94.5 Å². The van der Waals surface area contributed by atoms with Crippen molar-refractivity contribution in [2.24, 2.45) is 0 Å². The molecule has 2 N–H and O–H groups in total. The standard InChI is InChI=1S/C21H17ClN2O4S/c1-29(27,28)24-17-9-5-8-15(12-17)21(26)23-19-11-10-16(22)13-18(19)20(25)14-6-3-2-4-7-14/h2-13,24H,1H3,(H,23,26). The highest BCUT2D eigenvalue weighted by Gasteiger charge is 2.17. The van der Waals surface area contributed by atoms with Gasteiger partial charge in [0.15, 0.2) is 5.78 Å². The maximum atomic E-state index is 12.9. The van der Waals surface area contributed by atoms with Gasteiger partial charge >= 0.3 is 0 Å². The third kappa shape index (κ3) is 5.43. The number of rotatable bonds is 6. The minimum atomic E-state index is -3.47. The fourth-order valence-corrected chi connectivity index (χ4v) is 3.42. The SMILES string of the molecule is CS(=O)(=O)Nc1cccc(C(=O)Nc2ccc(Cl)cc2C(=O)c2ccccc2)c1. The Morgan fingerprint density at radius 2 is 1.55 bits per heavy atom. The molecule has 0 bridgehead atoms. The molecule has 29 heavy (non-hydrogen) atoms. The van der Waals surface area contributed by atoms with Gasteiger partial charge in [0, 0.05) is 27.4 Å². The number of ketones is 1. The van der Waals surface area contributed by atoms with Crippen molar-refractivity contribution >= 4 is 44.7 Å². The number of halogens is 1. The van der Waals surface area contributed by atoms with Crippen LogP contribution in [0.4, 0.5) is 11.4 Å². The summed E-state index contributed by atoms with van der Waals surface area (Å²) in [6.07, 6.45) is 1.02. The topological polar surface area (TPSA) is 92.3 Å². The summed E-state index contributed by atoms with van der Waals surface area (Å²) in [6, 6.07) is 19.3. The van der Waals surface area contributed by atoms with Crippen LogP contribution in [0, 0.1) is 0 Å². The highest BCUT2D eigenvalue weighted by atomic mass is 35.5. The van der Waals surface area contributed by atoms with Crippen molar-refractivity contribution in [1.29, 1.82) is 0 Å². The van der Waals surface area contributed by atoms with Crippen LogP contribution >= 0.6 is 11.6 Å². The summed E-state index contributed by atoms with van der Waals surface area (Å²) in [5.41, 5.74) is 1.50. The van der Waals surface area contributed by atoms with Gasteiger partial charge in [-0.1, -0.05) is 48.0 Å². The predicted octanol–water partition coefficient (Wildman–Crippen LogP) is 4.19. The Balaban J connectivity index is 1.90. The molecule has 0 aliphatic heterocycles. The molecule has 0 radical (unpaired) electrons. The lowest BCUT2D eigenvalue weighted by atomic mass is 10.0. The van der Waals surface area contributed by atoms with Crippen LogP contribution in [0.15, 0.2) is 72.8 Å². The Morgan fingerprint density at radius 1 is 0.862 bits per heavy atom. The summed E-state index contributed by atoms with van der Waals surface area (Å²) in [7, 11) is -3.47. The van der Waals surface area contributed by atoms with E-state index in [1.165, 1.54) is 24.3 Å². The first-order valence-electron chi connectivity index (χ1n) is 8.51. The maximum Gasteiger partial charge on any atom is 0.255 e. The molecule has 0 spiro atoms. The second-order valence-corrected chi connectivity index (χ2v) is 8.48. The summed E-state index contributed by atoms with van der Waals surface area (Å²) in [5.74, 6) is -0.775. The molecular formula is C21H17ClN2O4S. The lowest BCUT2D eigenvalue weighted by Gasteiger charge is -2.12. The van der Waals surface area contributed by atoms with E-state index in [-0.39, 0.29) is 22.6 Å². The van der Waals surface area contributed by atoms with Gasteiger partial charge in [0.05, 0.1) is 11.9 Å². The number of benzene rings is 3. The quantitative estimate of drug-likeness (QED) is 0.575. The first-order valence-corrected chi connectivity index (χ1v) is 10.8. The number of hydrogen-bond donors (Lipinski definition) is 2. The van der Waals surface area contributed by atoms with Gasteiger partial charge in [-0.05, 0) is 36.4 Å². The van der Waals surface area contributed by atoms with Crippen LogP contribution in [0.5, 0.6) is 0 Å². The van der Waals surface area contributed by atoms with Crippen LogP contribution in [-0.4, -0.2) is 26.4 Å². The molecule has 0 atom stereocenters. The van der Waals surface area contributed by atoms with Gasteiger partial charge in [0.1, 0.15) is 0 Å². The van der Waals surface area contributed by atoms with E-state index in [1.54, 1.807) is 48.5 Å². The summed E-state index contributed by atoms with van der Waals surface area (Å²) in [5, 5.41) is 3.06. The average Bonchev–Trinajstić information content (AvgIpc) is 2.68. The van der Waals surface area contributed by atoms with Gasteiger partial charge < -0.3 is 5.32 Å². The number of nitrogens with one attached hydrogen (secondary N) is 2. The van der Waals surface area contributed by atoms with Gasteiger partial charge in [0.25, 0.3) is 5.91 Å². The van der Waals surface area contributed by atoms with E-state index < -0.39 is 15.9 Å². The zero-order chi connectivity index (χ0) is 21.0. The molecule has 1 amide bonds. The summed E-state index contributed by atoms with van der Waals surface area (Å²) in [4.78, 5) is 25.6. The molecule has 3 aromatic rings. The zero-order valence-electron chi connectivity index (χ0n) is 15.3. The molecule has 0 heterocycles. The minimum Gasteiger partial charge on any atom is -0.321 e. The van der Waals surface area contributed by atoms with E-state index in [1.807, 2.05) is 0 Å². The van der Waals surface area contributed by atoms with E-state index in [9.17, 15) is 18.0 Å². The zero-order valence-corrected chi connectivity index (χ0v) is 16.9. The first-order chi connectivity index (χ1) is 13.7. The first kappa shape index (κ1) is 20.6. The highest BCUT2D eigenvalue weighted by molar-refractivity contribution is 7.92. The monoisotopic (exact) mass is 428 g/mol. The predicted molar refractivity (Wildman–Crippen MR) is 114 cm³/mol. The number of sulfonamides is 1. The lowest BCUT2D eigenvalue weighted by molar-refractivity contribution is 0.102. The molecule has 148 valence electrons. The Labute approximate surface area is 173 Å². The van der Waals surface area contributed by atoms with Crippen molar-refractivity contribution in [2.75, 3.05) is 16.3 Å². The number of anilines is 2. The van der Waals surface area contributed by atoms with E-state index in [0.717, 1.165) is 6.26 Å². The summed E-state index contributed by atoms with van der Waals surface area (Å²) >= 11 is 6.05. The Bertz CT molecular complexity index is 1180. The van der Waals surface area contributed by atoms with Crippen molar-refractivity contribution in [1.82, 2.24) is 0 Å². The smallest absolute Gasteiger partial charge is 0.255 e. The number of hydrogen-bond acceptors (Lipinski definition) is 4. The van der Waals surface area contributed by atoms with E-state index in [0.29, 0.717) is 16.3 Å². The van der Waals surface area contributed by atoms with Gasteiger partial charge in [-0.15, -0.1) is 0 Å². The third-order valence-electron chi connectivity index (χ3n) is 3.94. The second-order valence-electron chi connectivity index (χ2n) is 6.29. The molecule has 0 aliphatic carbocycles. The van der Waals surface area contributed by atoms with Gasteiger partial charge in [-0.2, -0.15) is 0 Å². The van der Waals surface area contributed by atoms with Gasteiger partial charge in [0.2, 0.25) is 10.0 Å². The molecule has 6 nitrogen and oxygen atoms in total. The van der Waals surface area contributed by atoms with Crippen LogP contribution in [-0.2, 0) is 10.0 Å². The Kier molecular flexibility index (Phi) is 6.00. The van der Waals surface area contributed by atoms with E-state index in [4.69, 9.17) is 11.6 Å². The minimum absolute atomic E-state index is 0.228. The molecule has 0 fully saturated rings. The van der Waals surface area contributed by atoms with Crippen LogP contribution in [0.25, 0.3) is 0 Å². The molecule has 0 aliphatic rings. The maximum absolute atomic E-state index is 12.9. The Hall–Kier alpha value is -3.16. The molecule has 3 aromatic carbocycles. The van der Waals surface area contributed by atoms with Crippen LogP contribution in [0.2, 0.25) is 5.02 Å². The highest BCUT2D eigenvalue weighted by Crippen LogP contribution is 2.24. The van der Waals surface area contributed by atoms with Gasteiger partial charge in [-0.25, -0.2) is 8.42 Å². The molecule has 0 aromatic heterocycles. The van der Waals surface area contributed by atoms with Crippen molar-refractivity contribution < 1.29 is 18.0 Å². The van der Waals surface area contributed by atoms with Crippen LogP contribution in [0.3, 0.4) is 0 Å². The largest absolute Gasteiger partial charge is 0.321 e. The molecule has 0 saturated carbocycles. The Morgan fingerprint density at radius 3 is 2.24 bits per heavy atom. The fraction of sp³-hybridized carbons (Fsp3) is 0.0476. The van der Waals surface area contributed by atoms with Gasteiger partial charge in [-0.3, -0.25) is 14.3 Å². The molecular weight excluding hydrogens is 412 g/mol. The van der Waals surface area contributed by atoms with E-state index in [2.05, 4.69) is 10.0 Å². The average molecular weight is 429 g/mol. The fourth-order valence-electron chi connectivity index (χ4n) is 2.69. The summed E-state index contributed by atoms with van der Waals surface area (Å²) < 4.78 is 25.1. The van der Waals surface area contributed by atoms with Crippen LogP contribution in [0.1, 0.15) is 26.3 Å². The summed E-state index contributed by atoms with van der Waals surface area (Å²) in [6.45, 7) is 0. The molecule has 0 saturated heterocycles. The second kappa shape index (κ2) is 8.46. The lowest BCUT2D eigenvalue weighted by Crippen LogP contribution is -2.16. The van der Waals surface area contributed by atoms with Crippen molar-refractivity contribution in [2.45, 2.75) is 0 Å². The number of carbonyl (C=O) groups excluding carboxylic acids is 2. The van der Waals surface area contributed by atoms with Crippen molar-refractivity contribution in [3.8, 4) is 0 Å². The van der Waals surface area contributed by atoms with E-state index >= 15 is 0 Å². The molecule has 3 rings (SSSR count). The van der Waals surface area contributed by atoms with Crippen LogP contribution < -0.4 is 10.0 Å². The molecule has 8 heteroatoms. The normalized spacial score (nSPS) is 11.0. The van der Waals surface area contributed by atoms with Crippen molar-refractivity contribution in [3.63, 3.8) is 0 Å². The third-order valence-corrected chi connectivity index (χ3v) is 4.78. The molecule has 0 unspecified atom stereocenters. The number of carbonyl (C=O) groups is 2. The number of amides is 1.